The van der Waals surface area contributed by atoms with Crippen molar-refractivity contribution in [3.8, 4) is 11.1 Å². The fraction of sp³-hybridized carbons (Fsp3) is 0.172. The van der Waals surface area contributed by atoms with Crippen LogP contribution in [0, 0.1) is 13.8 Å². The Kier molecular flexibility index (Phi) is 8.88. The highest BCUT2D eigenvalue weighted by Crippen LogP contribution is 2.25. The van der Waals surface area contributed by atoms with Crippen LogP contribution in [0.25, 0.3) is 17.2 Å². The molecular weight excluding hydrogens is 570 g/mol. The number of aromatic nitrogens is 3. The highest BCUT2D eigenvalue weighted by Gasteiger charge is 2.20. The monoisotopic (exact) mass is 599 g/mol. The lowest BCUT2D eigenvalue weighted by atomic mass is 10.0. The average molecular weight is 600 g/mol. The number of nitrogens with one attached hydrogen (secondary N) is 5. The summed E-state index contributed by atoms with van der Waals surface area (Å²) in [4.78, 5) is 42.1. The number of carbonyl (C=O) groups is 2. The highest BCUT2D eigenvalue weighted by molar-refractivity contribution is 7.09. The second-order valence-electron chi connectivity index (χ2n) is 9.61. The van der Waals surface area contributed by atoms with E-state index in [0.29, 0.717) is 28.9 Å². The fourth-order valence-electron chi connectivity index (χ4n) is 4.35. The second kappa shape index (κ2) is 13.1. The van der Waals surface area contributed by atoms with Crippen LogP contribution >= 0.6 is 11.3 Å². The summed E-state index contributed by atoms with van der Waals surface area (Å²) in [5.74, 6) is -0.348. The first-order chi connectivity index (χ1) is 20.8. The standard InChI is InChI=1S/C29H29N9O4S/c1-17-4-10-25(38-16-30-36-37-38)20(12-17)7-11-26(39)33-23(14-27-31-18(2)15-43-27)24-13-22(28(40)35-34-24)19-5-8-21(9-6-19)32-29(41)42-3/h4-13,15-16,23,36-37H,14H2,1-3H3,(H,32,41)(H,33,39)(H,35,40)/b11-7+/t23-/m0/s1. The third kappa shape index (κ3) is 7.30. The molecule has 220 valence electrons. The van der Waals surface area contributed by atoms with Crippen molar-refractivity contribution < 1.29 is 14.3 Å². The molecule has 0 spiro atoms. The molecule has 13 nitrogen and oxygen atoms in total. The molecule has 0 saturated carbocycles. The number of hydrazone groups is 1. The number of H-pyrrole nitrogens is 1. The molecule has 5 N–H and O–H groups in total. The lowest BCUT2D eigenvalue weighted by molar-refractivity contribution is -0.117. The Labute approximate surface area is 250 Å². The predicted molar refractivity (Wildman–Crippen MR) is 165 cm³/mol. The van der Waals surface area contributed by atoms with Gasteiger partial charge in [0.25, 0.3) is 5.56 Å². The van der Waals surface area contributed by atoms with Crippen molar-refractivity contribution in [3.63, 3.8) is 0 Å². The molecule has 0 fully saturated rings. The average Bonchev–Trinajstić information content (AvgIpc) is 3.68. The van der Waals surface area contributed by atoms with Crippen LogP contribution in [0.5, 0.6) is 0 Å². The molecule has 0 radical (unpaired) electrons. The first-order valence-electron chi connectivity index (χ1n) is 13.2. The molecule has 2 aromatic carbocycles. The molecule has 0 saturated heterocycles. The number of hydrazine groups is 2. The summed E-state index contributed by atoms with van der Waals surface area (Å²) in [6.07, 6.45) is 4.55. The van der Waals surface area contributed by atoms with Gasteiger partial charge in [-0.05, 0) is 55.8 Å². The SMILES string of the molecule is COC(=O)Nc1ccc(-c2cc([C@H](Cc3nc(C)cs3)NC(=O)/C=C/c3cc(C)ccc3N3C=NNN3)n[nH]c2=O)cc1. The van der Waals surface area contributed by atoms with Gasteiger partial charge < -0.3 is 10.1 Å². The van der Waals surface area contributed by atoms with Crippen LogP contribution in [0.3, 0.4) is 0 Å². The summed E-state index contributed by atoms with van der Waals surface area (Å²) in [5.41, 5.74) is 10.6. The number of ether oxygens (including phenoxy) is 1. The minimum atomic E-state index is -0.598. The number of rotatable bonds is 9. The van der Waals surface area contributed by atoms with E-state index < -0.39 is 17.7 Å². The van der Waals surface area contributed by atoms with E-state index in [-0.39, 0.29) is 5.91 Å². The molecule has 0 aliphatic carbocycles. The number of thiazole rings is 1. The van der Waals surface area contributed by atoms with Crippen LogP contribution in [0.2, 0.25) is 0 Å². The number of amides is 2. The zero-order valence-corrected chi connectivity index (χ0v) is 24.4. The maximum absolute atomic E-state index is 13.3. The lowest BCUT2D eigenvalue weighted by Gasteiger charge is -2.18. The zero-order valence-electron chi connectivity index (χ0n) is 23.5. The van der Waals surface area contributed by atoms with Gasteiger partial charge in [-0.3, -0.25) is 14.9 Å². The van der Waals surface area contributed by atoms with Crippen molar-refractivity contribution in [1.82, 2.24) is 31.6 Å². The van der Waals surface area contributed by atoms with Gasteiger partial charge in [-0.2, -0.15) is 10.2 Å². The molecule has 4 aromatic rings. The number of aromatic amines is 1. The van der Waals surface area contributed by atoms with Gasteiger partial charge in [0, 0.05) is 34.8 Å². The first kappa shape index (κ1) is 29.2. The van der Waals surface area contributed by atoms with E-state index in [9.17, 15) is 14.4 Å². The van der Waals surface area contributed by atoms with E-state index in [4.69, 9.17) is 0 Å². The number of nitrogens with zero attached hydrogens (tertiary/aromatic N) is 4. The number of aryl methyl sites for hydroxylation is 2. The molecule has 1 atom stereocenters. The molecule has 3 heterocycles. The van der Waals surface area contributed by atoms with Gasteiger partial charge >= 0.3 is 6.09 Å². The molecule has 43 heavy (non-hydrogen) atoms. The van der Waals surface area contributed by atoms with E-state index in [1.807, 2.05) is 37.4 Å². The third-order valence-corrected chi connectivity index (χ3v) is 7.42. The van der Waals surface area contributed by atoms with Gasteiger partial charge in [0.05, 0.1) is 35.1 Å². The Morgan fingerprint density at radius 2 is 1.95 bits per heavy atom. The van der Waals surface area contributed by atoms with Gasteiger partial charge in [-0.1, -0.05) is 23.8 Å². The molecule has 1 aliphatic heterocycles. The van der Waals surface area contributed by atoms with Crippen LogP contribution in [-0.4, -0.2) is 40.6 Å². The largest absolute Gasteiger partial charge is 0.453 e. The highest BCUT2D eigenvalue weighted by atomic mass is 32.1. The van der Waals surface area contributed by atoms with Gasteiger partial charge in [0.15, 0.2) is 0 Å². The molecule has 2 aromatic heterocycles. The third-order valence-electron chi connectivity index (χ3n) is 6.43. The molecule has 14 heteroatoms. The molecule has 0 unspecified atom stereocenters. The molecule has 0 bridgehead atoms. The lowest BCUT2D eigenvalue weighted by Crippen LogP contribution is -2.37. The molecule has 1 aliphatic rings. The quantitative estimate of drug-likeness (QED) is 0.181. The van der Waals surface area contributed by atoms with Crippen LogP contribution < -0.4 is 32.3 Å². The normalized spacial score (nSPS) is 13.1. The first-order valence-corrected chi connectivity index (χ1v) is 14.1. The summed E-state index contributed by atoms with van der Waals surface area (Å²) in [5, 5.41) is 20.8. The van der Waals surface area contributed by atoms with Crippen LogP contribution in [0.4, 0.5) is 16.2 Å². The topological polar surface area (TPSA) is 166 Å². The number of benzene rings is 2. The van der Waals surface area contributed by atoms with Crippen LogP contribution in [0.1, 0.15) is 33.6 Å². The van der Waals surface area contributed by atoms with Crippen LogP contribution in [-0.2, 0) is 16.0 Å². The van der Waals surface area contributed by atoms with Crippen molar-refractivity contribution in [3.05, 3.63) is 97.9 Å². The van der Waals surface area contributed by atoms with E-state index >= 15 is 0 Å². The fourth-order valence-corrected chi connectivity index (χ4v) is 5.17. The van der Waals surface area contributed by atoms with Crippen molar-refractivity contribution in [1.29, 1.82) is 0 Å². The van der Waals surface area contributed by atoms with E-state index in [1.165, 1.54) is 24.5 Å². The Morgan fingerprint density at radius 3 is 2.65 bits per heavy atom. The van der Waals surface area contributed by atoms with E-state index in [2.05, 4.69) is 46.7 Å². The number of anilines is 2. The minimum absolute atomic E-state index is 0.348. The van der Waals surface area contributed by atoms with Crippen molar-refractivity contribution in [2.45, 2.75) is 26.3 Å². The van der Waals surface area contributed by atoms with Crippen molar-refractivity contribution >= 4 is 47.1 Å². The molecule has 5 rings (SSSR count). The van der Waals surface area contributed by atoms with Gasteiger partial charge in [0.1, 0.15) is 6.34 Å². The van der Waals surface area contributed by atoms with Gasteiger partial charge in [0.2, 0.25) is 5.91 Å². The Morgan fingerprint density at radius 1 is 1.14 bits per heavy atom. The molecule has 2 amide bonds. The summed E-state index contributed by atoms with van der Waals surface area (Å²) in [6.45, 7) is 3.87. The number of hydrogen-bond donors (Lipinski definition) is 5. The van der Waals surface area contributed by atoms with Crippen molar-refractivity contribution in [2.24, 2.45) is 5.10 Å². The molecular formula is C29H29N9O4S. The predicted octanol–water partition coefficient (Wildman–Crippen LogP) is 3.57. The number of carbonyl (C=O) groups excluding carboxylic acids is 2. The minimum Gasteiger partial charge on any atom is -0.453 e. The van der Waals surface area contributed by atoms with E-state index in [0.717, 1.165) is 27.5 Å². The Bertz CT molecular complexity index is 1750. The Hall–Kier alpha value is -5.34. The number of hydrogen-bond acceptors (Lipinski definition) is 11. The van der Waals surface area contributed by atoms with E-state index in [1.54, 1.807) is 47.8 Å². The summed E-state index contributed by atoms with van der Waals surface area (Å²) in [7, 11) is 1.28. The second-order valence-corrected chi connectivity index (χ2v) is 10.6. The van der Waals surface area contributed by atoms with Crippen molar-refractivity contribution in [2.75, 3.05) is 17.4 Å². The summed E-state index contributed by atoms with van der Waals surface area (Å²) < 4.78 is 4.62. The van der Waals surface area contributed by atoms with Crippen LogP contribution in [0.15, 0.2) is 69.9 Å². The number of methoxy groups -OCH3 is 1. The maximum atomic E-state index is 13.3. The maximum Gasteiger partial charge on any atom is 0.411 e. The Balaban J connectivity index is 1.41. The smallest absolute Gasteiger partial charge is 0.411 e. The summed E-state index contributed by atoms with van der Waals surface area (Å²) >= 11 is 1.48. The zero-order chi connectivity index (χ0) is 30.3. The van der Waals surface area contributed by atoms with Gasteiger partial charge in [-0.25, -0.2) is 25.4 Å². The van der Waals surface area contributed by atoms with Gasteiger partial charge in [-0.15, -0.1) is 16.9 Å². The summed E-state index contributed by atoms with van der Waals surface area (Å²) in [6, 6.07) is 13.6.